The van der Waals surface area contributed by atoms with Gasteiger partial charge in [-0.3, -0.25) is 4.79 Å². The molecule has 2 heterocycles. The quantitative estimate of drug-likeness (QED) is 0.409. The molecule has 8 heteroatoms. The van der Waals surface area contributed by atoms with Gasteiger partial charge in [-0.15, -0.1) is 0 Å². The summed E-state index contributed by atoms with van der Waals surface area (Å²) < 4.78 is 0. The lowest BCUT2D eigenvalue weighted by Crippen LogP contribution is -2.12. The molecule has 28 heavy (non-hydrogen) atoms. The zero-order valence-electron chi connectivity index (χ0n) is 14.8. The maximum absolute atomic E-state index is 12.5. The number of aryl methyl sites for hydroxylation is 1. The molecule has 0 bridgehead atoms. The summed E-state index contributed by atoms with van der Waals surface area (Å²) in [5.74, 6) is 0.709. The molecule has 0 aliphatic carbocycles. The van der Waals surface area contributed by atoms with Crippen LogP contribution in [0.25, 0.3) is 11.0 Å². The lowest BCUT2D eigenvalue weighted by Gasteiger charge is -2.06. The SMILES string of the molecule is Cc1ccc(NC(=O)c2ccc3[nH]c(Nc4c(Cl)cccc4Cl)nc3c2)nc1. The molecule has 0 atom stereocenters. The second-order valence-corrected chi connectivity index (χ2v) is 7.03. The molecule has 0 saturated carbocycles. The van der Waals surface area contributed by atoms with E-state index in [1.165, 1.54) is 0 Å². The molecule has 140 valence electrons. The van der Waals surface area contributed by atoms with Crippen LogP contribution in [0.5, 0.6) is 0 Å². The molecule has 4 rings (SSSR count). The van der Waals surface area contributed by atoms with Crippen molar-refractivity contribution < 1.29 is 4.79 Å². The third-order valence-electron chi connectivity index (χ3n) is 4.10. The predicted molar refractivity (Wildman–Crippen MR) is 113 cm³/mol. The lowest BCUT2D eigenvalue weighted by molar-refractivity contribution is 0.102. The second kappa shape index (κ2) is 7.50. The van der Waals surface area contributed by atoms with Crippen LogP contribution in [0.1, 0.15) is 15.9 Å². The van der Waals surface area contributed by atoms with Crippen LogP contribution in [-0.2, 0) is 0 Å². The van der Waals surface area contributed by atoms with Gasteiger partial charge in [0.2, 0.25) is 5.95 Å². The number of halogens is 2. The summed E-state index contributed by atoms with van der Waals surface area (Å²) in [6, 6.07) is 14.1. The molecule has 0 aliphatic rings. The molecule has 0 aliphatic heterocycles. The van der Waals surface area contributed by atoms with Crippen LogP contribution >= 0.6 is 23.2 Å². The Labute approximate surface area is 170 Å². The molecule has 0 fully saturated rings. The smallest absolute Gasteiger partial charge is 0.256 e. The lowest BCUT2D eigenvalue weighted by atomic mass is 10.2. The number of imidazole rings is 1. The number of hydrogen-bond donors (Lipinski definition) is 3. The van der Waals surface area contributed by atoms with Crippen LogP contribution in [0.15, 0.2) is 54.7 Å². The molecule has 0 unspecified atom stereocenters. The van der Waals surface area contributed by atoms with E-state index in [2.05, 4.69) is 25.6 Å². The van der Waals surface area contributed by atoms with Crippen molar-refractivity contribution in [3.8, 4) is 0 Å². The van der Waals surface area contributed by atoms with Gasteiger partial charge in [0.15, 0.2) is 0 Å². The Hall–Kier alpha value is -3.09. The van der Waals surface area contributed by atoms with E-state index in [4.69, 9.17) is 23.2 Å². The molecular formula is C20H15Cl2N5O. The summed E-state index contributed by atoms with van der Waals surface area (Å²) in [7, 11) is 0. The van der Waals surface area contributed by atoms with E-state index in [0.717, 1.165) is 11.1 Å². The van der Waals surface area contributed by atoms with Crippen molar-refractivity contribution >= 4 is 57.6 Å². The van der Waals surface area contributed by atoms with Crippen LogP contribution in [0.3, 0.4) is 0 Å². The number of amides is 1. The molecule has 2 aromatic carbocycles. The topological polar surface area (TPSA) is 82.7 Å². The number of nitrogens with one attached hydrogen (secondary N) is 3. The normalized spacial score (nSPS) is 10.8. The third kappa shape index (κ3) is 3.78. The number of fused-ring (bicyclic) bond motifs is 1. The van der Waals surface area contributed by atoms with Crippen molar-refractivity contribution in [1.29, 1.82) is 0 Å². The predicted octanol–water partition coefficient (Wildman–Crippen LogP) is 5.57. The van der Waals surface area contributed by atoms with Crippen molar-refractivity contribution in [2.45, 2.75) is 6.92 Å². The summed E-state index contributed by atoms with van der Waals surface area (Å²) in [6.07, 6.45) is 1.70. The number of pyridine rings is 1. The highest BCUT2D eigenvalue weighted by Crippen LogP contribution is 2.32. The van der Waals surface area contributed by atoms with Crippen molar-refractivity contribution in [3.63, 3.8) is 0 Å². The monoisotopic (exact) mass is 411 g/mol. The van der Waals surface area contributed by atoms with E-state index in [1.807, 2.05) is 13.0 Å². The molecule has 1 amide bonds. The third-order valence-corrected chi connectivity index (χ3v) is 4.73. The highest BCUT2D eigenvalue weighted by molar-refractivity contribution is 6.39. The maximum atomic E-state index is 12.5. The average molecular weight is 412 g/mol. The summed E-state index contributed by atoms with van der Waals surface area (Å²) in [5, 5.41) is 6.83. The van der Waals surface area contributed by atoms with Crippen LogP contribution < -0.4 is 10.6 Å². The highest BCUT2D eigenvalue weighted by atomic mass is 35.5. The first kappa shape index (κ1) is 18.3. The Morgan fingerprint density at radius 2 is 1.86 bits per heavy atom. The van der Waals surface area contributed by atoms with Crippen molar-refractivity contribution in [2.24, 2.45) is 0 Å². The van der Waals surface area contributed by atoms with Gasteiger partial charge in [0, 0.05) is 11.8 Å². The van der Waals surface area contributed by atoms with Gasteiger partial charge in [-0.05, 0) is 48.9 Å². The summed E-state index contributed by atoms with van der Waals surface area (Å²) in [6.45, 7) is 1.94. The fraction of sp³-hybridized carbons (Fsp3) is 0.0500. The zero-order valence-corrected chi connectivity index (χ0v) is 16.3. The number of hydrogen-bond acceptors (Lipinski definition) is 4. The first-order valence-corrected chi connectivity index (χ1v) is 9.20. The average Bonchev–Trinajstić information content (AvgIpc) is 3.08. The summed E-state index contributed by atoms with van der Waals surface area (Å²) in [4.78, 5) is 24.3. The number of para-hydroxylation sites is 1. The Morgan fingerprint density at radius 3 is 2.57 bits per heavy atom. The Morgan fingerprint density at radius 1 is 1.07 bits per heavy atom. The zero-order chi connectivity index (χ0) is 19.7. The van der Waals surface area contributed by atoms with Gasteiger partial charge >= 0.3 is 0 Å². The van der Waals surface area contributed by atoms with E-state index in [-0.39, 0.29) is 5.91 Å². The van der Waals surface area contributed by atoms with E-state index in [0.29, 0.717) is 38.6 Å². The van der Waals surface area contributed by atoms with Gasteiger partial charge in [-0.1, -0.05) is 35.3 Å². The number of aromatic nitrogens is 3. The number of benzene rings is 2. The fourth-order valence-electron chi connectivity index (χ4n) is 2.67. The molecule has 2 aromatic heterocycles. The minimum atomic E-state index is -0.259. The Bertz CT molecular complexity index is 1150. The number of anilines is 3. The van der Waals surface area contributed by atoms with Crippen molar-refractivity contribution in [2.75, 3.05) is 10.6 Å². The minimum absolute atomic E-state index is 0.259. The van der Waals surface area contributed by atoms with E-state index in [1.54, 1.807) is 48.7 Å². The molecule has 0 radical (unpaired) electrons. The molecular weight excluding hydrogens is 397 g/mol. The van der Waals surface area contributed by atoms with Gasteiger partial charge in [0.25, 0.3) is 5.91 Å². The number of rotatable bonds is 4. The van der Waals surface area contributed by atoms with Crippen LogP contribution in [0.2, 0.25) is 10.0 Å². The van der Waals surface area contributed by atoms with Crippen LogP contribution in [-0.4, -0.2) is 20.9 Å². The van der Waals surface area contributed by atoms with Gasteiger partial charge < -0.3 is 15.6 Å². The summed E-state index contributed by atoms with van der Waals surface area (Å²) >= 11 is 12.4. The Kier molecular flexibility index (Phi) is 4.90. The summed E-state index contributed by atoms with van der Waals surface area (Å²) in [5.41, 5.74) is 3.47. The minimum Gasteiger partial charge on any atom is -0.324 e. The van der Waals surface area contributed by atoms with Crippen LogP contribution in [0.4, 0.5) is 17.5 Å². The number of H-pyrrole nitrogens is 1. The number of nitrogens with zero attached hydrogens (tertiary/aromatic N) is 2. The van der Waals surface area contributed by atoms with Crippen molar-refractivity contribution in [1.82, 2.24) is 15.0 Å². The highest BCUT2D eigenvalue weighted by Gasteiger charge is 2.12. The van der Waals surface area contributed by atoms with Gasteiger partial charge in [0.05, 0.1) is 26.8 Å². The number of carbonyl (C=O) groups is 1. The largest absolute Gasteiger partial charge is 0.324 e. The molecule has 6 nitrogen and oxygen atoms in total. The molecule has 4 aromatic rings. The Balaban J connectivity index is 1.57. The van der Waals surface area contributed by atoms with Gasteiger partial charge in [-0.2, -0.15) is 0 Å². The molecule has 3 N–H and O–H groups in total. The van der Waals surface area contributed by atoms with E-state index >= 15 is 0 Å². The van der Waals surface area contributed by atoms with Crippen molar-refractivity contribution in [3.05, 3.63) is 75.9 Å². The van der Waals surface area contributed by atoms with E-state index in [9.17, 15) is 4.79 Å². The standard InChI is InChI=1S/C20H15Cl2N5O/c1-11-5-8-17(23-10-11)26-19(28)12-6-7-15-16(9-12)25-20(24-15)27-18-13(21)3-2-4-14(18)22/h2-10H,1H3,(H,23,26,28)(H2,24,25,27). The first-order valence-electron chi connectivity index (χ1n) is 8.44. The fourth-order valence-corrected chi connectivity index (χ4v) is 3.16. The molecule has 0 spiro atoms. The van der Waals surface area contributed by atoms with Gasteiger partial charge in [0.1, 0.15) is 5.82 Å². The van der Waals surface area contributed by atoms with E-state index < -0.39 is 0 Å². The first-order chi connectivity index (χ1) is 13.5. The van der Waals surface area contributed by atoms with Crippen LogP contribution in [0, 0.1) is 6.92 Å². The van der Waals surface area contributed by atoms with Gasteiger partial charge in [-0.25, -0.2) is 9.97 Å². The second-order valence-electron chi connectivity index (χ2n) is 6.21. The number of carbonyl (C=O) groups excluding carboxylic acids is 1. The maximum Gasteiger partial charge on any atom is 0.256 e. The molecule has 0 saturated heterocycles. The number of aromatic amines is 1.